The molecule has 1 N–H and O–H groups in total. The van der Waals surface area contributed by atoms with Gasteiger partial charge in [-0.1, -0.05) is 24.3 Å². The zero-order valence-corrected chi connectivity index (χ0v) is 11.2. The molecule has 1 heterocycles. The summed E-state index contributed by atoms with van der Waals surface area (Å²) in [6.45, 7) is 0.611. The summed E-state index contributed by atoms with van der Waals surface area (Å²) in [5, 5.41) is 13.4. The summed E-state index contributed by atoms with van der Waals surface area (Å²) in [7, 11) is 0. The highest BCUT2D eigenvalue weighted by atomic mass is 16.6. The fraction of sp³-hybridized carbons (Fsp3) is 0.133. The molecule has 2 aromatic carbocycles. The smallest absolute Gasteiger partial charge is 0.307 e. The Morgan fingerprint density at radius 2 is 2.00 bits per heavy atom. The van der Waals surface area contributed by atoms with Gasteiger partial charge in [0.1, 0.15) is 0 Å². The molecule has 0 saturated heterocycles. The van der Waals surface area contributed by atoms with Gasteiger partial charge in [0, 0.05) is 30.1 Å². The third-order valence-electron chi connectivity index (χ3n) is 3.44. The molecular formula is C15H13N3O3. The lowest BCUT2D eigenvalue weighted by atomic mass is 10.2. The average Bonchev–Trinajstić information content (AvgIpc) is 2.91. The average molecular weight is 283 g/mol. The van der Waals surface area contributed by atoms with Crippen LogP contribution in [0.15, 0.2) is 48.5 Å². The van der Waals surface area contributed by atoms with Crippen molar-refractivity contribution >= 4 is 23.1 Å². The van der Waals surface area contributed by atoms with Gasteiger partial charge in [-0.3, -0.25) is 15.0 Å². The number of urea groups is 1. The first-order valence-electron chi connectivity index (χ1n) is 6.56. The molecule has 1 aliphatic heterocycles. The van der Waals surface area contributed by atoms with Gasteiger partial charge in [0.2, 0.25) is 0 Å². The van der Waals surface area contributed by atoms with Crippen molar-refractivity contribution in [3.05, 3.63) is 64.2 Å². The van der Waals surface area contributed by atoms with Gasteiger partial charge in [-0.15, -0.1) is 0 Å². The van der Waals surface area contributed by atoms with Crippen molar-refractivity contribution in [3.8, 4) is 0 Å². The van der Waals surface area contributed by atoms with Crippen LogP contribution in [0.1, 0.15) is 5.56 Å². The minimum Gasteiger partial charge on any atom is -0.307 e. The van der Waals surface area contributed by atoms with Crippen LogP contribution in [0.2, 0.25) is 0 Å². The Balaban J connectivity index is 1.79. The summed E-state index contributed by atoms with van der Waals surface area (Å²) >= 11 is 0. The van der Waals surface area contributed by atoms with Gasteiger partial charge in [0.25, 0.3) is 5.69 Å². The molecule has 0 saturated carbocycles. The predicted octanol–water partition coefficient (Wildman–Crippen LogP) is 3.19. The predicted molar refractivity (Wildman–Crippen MR) is 79.6 cm³/mol. The number of hydrogen-bond acceptors (Lipinski definition) is 3. The highest BCUT2D eigenvalue weighted by Crippen LogP contribution is 2.28. The number of nitrogens with one attached hydrogen (secondary N) is 1. The Morgan fingerprint density at radius 3 is 2.81 bits per heavy atom. The number of carbonyl (C=O) groups excluding carboxylic acids is 1. The van der Waals surface area contributed by atoms with Crippen molar-refractivity contribution in [1.82, 2.24) is 0 Å². The second-order valence-corrected chi connectivity index (χ2v) is 4.77. The van der Waals surface area contributed by atoms with Crippen LogP contribution in [0.25, 0.3) is 0 Å². The van der Waals surface area contributed by atoms with Crippen molar-refractivity contribution in [3.63, 3.8) is 0 Å². The molecule has 6 heteroatoms. The molecule has 106 valence electrons. The Bertz CT molecular complexity index is 715. The van der Waals surface area contributed by atoms with E-state index in [1.54, 1.807) is 17.0 Å². The molecule has 21 heavy (non-hydrogen) atoms. The van der Waals surface area contributed by atoms with E-state index in [0.29, 0.717) is 12.2 Å². The van der Waals surface area contributed by atoms with Gasteiger partial charge in [-0.25, -0.2) is 4.79 Å². The van der Waals surface area contributed by atoms with Crippen molar-refractivity contribution in [2.75, 3.05) is 16.8 Å². The zero-order valence-electron chi connectivity index (χ0n) is 11.2. The summed E-state index contributed by atoms with van der Waals surface area (Å²) in [5.74, 6) is 0. The Kier molecular flexibility index (Phi) is 3.27. The van der Waals surface area contributed by atoms with E-state index in [1.165, 1.54) is 12.1 Å². The molecule has 0 radical (unpaired) electrons. The maximum atomic E-state index is 12.3. The number of para-hydroxylation sites is 1. The first kappa shape index (κ1) is 13.1. The first-order valence-corrected chi connectivity index (χ1v) is 6.56. The number of carbonyl (C=O) groups is 1. The van der Waals surface area contributed by atoms with Crippen LogP contribution in [0.3, 0.4) is 0 Å². The monoisotopic (exact) mass is 283 g/mol. The van der Waals surface area contributed by atoms with Gasteiger partial charge in [-0.2, -0.15) is 0 Å². The Labute approximate surface area is 121 Å². The molecule has 0 bridgehead atoms. The molecule has 1 aliphatic rings. The second kappa shape index (κ2) is 5.24. The summed E-state index contributed by atoms with van der Waals surface area (Å²) in [6.07, 6.45) is 0.818. The number of nitro groups is 1. The molecule has 0 aliphatic carbocycles. The molecule has 2 aromatic rings. The van der Waals surface area contributed by atoms with Gasteiger partial charge >= 0.3 is 6.03 Å². The summed E-state index contributed by atoms with van der Waals surface area (Å²) < 4.78 is 0. The van der Waals surface area contributed by atoms with Crippen LogP contribution < -0.4 is 10.2 Å². The number of amides is 2. The van der Waals surface area contributed by atoms with E-state index in [-0.39, 0.29) is 11.7 Å². The van der Waals surface area contributed by atoms with Crippen molar-refractivity contribution < 1.29 is 9.72 Å². The largest absolute Gasteiger partial charge is 0.326 e. The van der Waals surface area contributed by atoms with Crippen LogP contribution in [0.4, 0.5) is 21.9 Å². The summed E-state index contributed by atoms with van der Waals surface area (Å²) in [6, 6.07) is 13.4. The van der Waals surface area contributed by atoms with Gasteiger partial charge in [0.05, 0.1) is 4.92 Å². The first-order chi connectivity index (χ1) is 10.1. The molecule has 0 unspecified atom stereocenters. The number of nitro benzene ring substituents is 1. The van der Waals surface area contributed by atoms with Gasteiger partial charge < -0.3 is 5.32 Å². The minimum atomic E-state index is -0.485. The molecule has 3 rings (SSSR count). The highest BCUT2D eigenvalue weighted by Gasteiger charge is 2.24. The van der Waals surface area contributed by atoms with E-state index in [2.05, 4.69) is 5.32 Å². The normalized spacial score (nSPS) is 12.9. The molecule has 2 amide bonds. The second-order valence-electron chi connectivity index (χ2n) is 4.77. The van der Waals surface area contributed by atoms with Crippen molar-refractivity contribution in [2.24, 2.45) is 0 Å². The van der Waals surface area contributed by atoms with Gasteiger partial charge in [0.15, 0.2) is 0 Å². The fourth-order valence-electron chi connectivity index (χ4n) is 2.44. The number of non-ortho nitro benzene ring substituents is 1. The number of fused-ring (bicyclic) bond motifs is 1. The molecule has 6 nitrogen and oxygen atoms in total. The van der Waals surface area contributed by atoms with Crippen LogP contribution in [0.5, 0.6) is 0 Å². The maximum absolute atomic E-state index is 12.3. The molecule has 0 fully saturated rings. The summed E-state index contributed by atoms with van der Waals surface area (Å²) in [4.78, 5) is 24.2. The Morgan fingerprint density at radius 1 is 1.19 bits per heavy atom. The van der Waals surface area contributed by atoms with Crippen LogP contribution in [-0.2, 0) is 6.42 Å². The molecular weight excluding hydrogens is 270 g/mol. The molecule has 0 aromatic heterocycles. The fourth-order valence-corrected chi connectivity index (χ4v) is 2.44. The molecule has 0 spiro atoms. The molecule has 0 atom stereocenters. The zero-order chi connectivity index (χ0) is 14.8. The van der Waals surface area contributed by atoms with Gasteiger partial charge in [-0.05, 0) is 24.1 Å². The van der Waals surface area contributed by atoms with Crippen molar-refractivity contribution in [1.29, 1.82) is 0 Å². The van der Waals surface area contributed by atoms with Crippen LogP contribution in [0, 0.1) is 10.1 Å². The third-order valence-corrected chi connectivity index (χ3v) is 3.44. The summed E-state index contributed by atoms with van der Waals surface area (Å²) in [5.41, 5.74) is 2.39. The standard InChI is InChI=1S/C15H13N3O3/c19-15(16-12-5-3-6-13(10-12)18(20)21)17-9-8-11-4-1-2-7-14(11)17/h1-7,10H,8-9H2,(H,16,19). The lowest BCUT2D eigenvalue weighted by Crippen LogP contribution is -2.33. The van der Waals surface area contributed by atoms with Crippen molar-refractivity contribution in [2.45, 2.75) is 6.42 Å². The Hall–Kier alpha value is -2.89. The highest BCUT2D eigenvalue weighted by molar-refractivity contribution is 6.03. The lowest BCUT2D eigenvalue weighted by Gasteiger charge is -2.18. The van der Waals surface area contributed by atoms with E-state index < -0.39 is 4.92 Å². The maximum Gasteiger partial charge on any atom is 0.326 e. The third kappa shape index (κ3) is 2.55. The lowest BCUT2D eigenvalue weighted by molar-refractivity contribution is -0.384. The quantitative estimate of drug-likeness (QED) is 0.679. The number of benzene rings is 2. The minimum absolute atomic E-state index is 0.0466. The number of nitrogens with zero attached hydrogens (tertiary/aromatic N) is 2. The SMILES string of the molecule is O=C(Nc1cccc([N+](=O)[O-])c1)N1CCc2ccccc21. The number of rotatable bonds is 2. The topological polar surface area (TPSA) is 75.5 Å². The van der Waals surface area contributed by atoms with E-state index in [4.69, 9.17) is 0 Å². The number of anilines is 2. The van der Waals surface area contributed by atoms with E-state index in [1.807, 2.05) is 24.3 Å². The van der Waals surface area contributed by atoms with E-state index >= 15 is 0 Å². The number of hydrogen-bond donors (Lipinski definition) is 1. The van der Waals surface area contributed by atoms with E-state index in [0.717, 1.165) is 17.7 Å². The van der Waals surface area contributed by atoms with E-state index in [9.17, 15) is 14.9 Å². The van der Waals surface area contributed by atoms with Crippen LogP contribution in [-0.4, -0.2) is 17.5 Å². The van der Waals surface area contributed by atoms with Crippen LogP contribution >= 0.6 is 0 Å².